The molecular weight excluding hydrogens is 268 g/mol. The lowest BCUT2D eigenvalue weighted by Crippen LogP contribution is -2.28. The maximum absolute atomic E-state index is 13.2. The van der Waals surface area contributed by atoms with Gasteiger partial charge in [-0.25, -0.2) is 13.6 Å². The Kier molecular flexibility index (Phi) is 3.65. The van der Waals surface area contributed by atoms with Gasteiger partial charge in [0, 0.05) is 6.20 Å². The third kappa shape index (κ3) is 2.45. The molecule has 104 valence electrons. The molecule has 4 nitrogen and oxygen atoms in total. The molecule has 0 aliphatic rings. The predicted octanol–water partition coefficient (Wildman–Crippen LogP) is 2.43. The zero-order valence-electron chi connectivity index (χ0n) is 10.5. The van der Waals surface area contributed by atoms with Crippen molar-refractivity contribution in [3.05, 3.63) is 69.6 Å². The van der Waals surface area contributed by atoms with Crippen LogP contribution in [0.25, 0.3) is 0 Å². The first-order chi connectivity index (χ1) is 9.41. The second-order valence-electron chi connectivity index (χ2n) is 4.29. The number of hydrogen-bond donors (Lipinski definition) is 1. The maximum Gasteiger partial charge on any atom is 0.341 e. The fraction of sp³-hybridized carbons (Fsp3) is 0.143. The number of nitrogens with zero attached hydrogens (tertiary/aromatic N) is 1. The van der Waals surface area contributed by atoms with Crippen LogP contribution in [-0.2, 0) is 0 Å². The average molecular weight is 279 g/mol. The van der Waals surface area contributed by atoms with E-state index in [1.54, 1.807) is 6.92 Å². The van der Waals surface area contributed by atoms with Crippen LogP contribution in [0, 0.1) is 11.6 Å². The van der Waals surface area contributed by atoms with Crippen LogP contribution in [0.15, 0.2) is 41.3 Å². The quantitative estimate of drug-likeness (QED) is 0.938. The lowest BCUT2D eigenvalue weighted by atomic mass is 10.1. The van der Waals surface area contributed by atoms with Crippen LogP contribution < -0.4 is 5.56 Å². The number of carboxylic acid groups (broad SMARTS) is 1. The Balaban J connectivity index is 2.51. The molecule has 0 aliphatic heterocycles. The molecule has 1 aromatic carbocycles. The lowest BCUT2D eigenvalue weighted by molar-refractivity contribution is 0.0694. The minimum Gasteiger partial charge on any atom is -0.477 e. The number of carbonyl (C=O) groups is 1. The summed E-state index contributed by atoms with van der Waals surface area (Å²) in [5.41, 5.74) is -0.701. The van der Waals surface area contributed by atoms with Crippen LogP contribution in [0.1, 0.15) is 28.9 Å². The van der Waals surface area contributed by atoms with Gasteiger partial charge < -0.3 is 9.67 Å². The molecule has 0 aliphatic carbocycles. The summed E-state index contributed by atoms with van der Waals surface area (Å²) in [5, 5.41) is 8.90. The van der Waals surface area contributed by atoms with Crippen molar-refractivity contribution in [2.24, 2.45) is 0 Å². The molecule has 6 heteroatoms. The van der Waals surface area contributed by atoms with Gasteiger partial charge in [-0.3, -0.25) is 4.79 Å². The molecular formula is C14H11F2NO3. The molecule has 20 heavy (non-hydrogen) atoms. The van der Waals surface area contributed by atoms with Crippen molar-refractivity contribution in [3.8, 4) is 0 Å². The van der Waals surface area contributed by atoms with E-state index in [0.29, 0.717) is 5.56 Å². The van der Waals surface area contributed by atoms with Gasteiger partial charge in [-0.2, -0.15) is 0 Å². The third-order valence-corrected chi connectivity index (χ3v) is 3.05. The van der Waals surface area contributed by atoms with Gasteiger partial charge in [0.05, 0.1) is 6.04 Å². The van der Waals surface area contributed by atoms with Crippen molar-refractivity contribution in [1.29, 1.82) is 0 Å². The monoisotopic (exact) mass is 279 g/mol. The van der Waals surface area contributed by atoms with E-state index in [0.717, 1.165) is 16.7 Å². The summed E-state index contributed by atoms with van der Waals surface area (Å²) in [6, 6.07) is 5.30. The largest absolute Gasteiger partial charge is 0.477 e. The Morgan fingerprint density at radius 1 is 1.25 bits per heavy atom. The van der Waals surface area contributed by atoms with Crippen LogP contribution in [0.2, 0.25) is 0 Å². The van der Waals surface area contributed by atoms with E-state index >= 15 is 0 Å². The first kappa shape index (κ1) is 13.9. The van der Waals surface area contributed by atoms with Crippen molar-refractivity contribution in [3.63, 3.8) is 0 Å². The summed E-state index contributed by atoms with van der Waals surface area (Å²) < 4.78 is 27.3. The van der Waals surface area contributed by atoms with Crippen LogP contribution in [0.4, 0.5) is 8.78 Å². The first-order valence-electron chi connectivity index (χ1n) is 5.81. The van der Waals surface area contributed by atoms with E-state index in [1.165, 1.54) is 24.4 Å². The molecule has 1 heterocycles. The summed E-state index contributed by atoms with van der Waals surface area (Å²) in [7, 11) is 0. The minimum atomic E-state index is -1.33. The Morgan fingerprint density at radius 3 is 2.55 bits per heavy atom. The van der Waals surface area contributed by atoms with E-state index in [-0.39, 0.29) is 5.56 Å². The maximum atomic E-state index is 13.2. The van der Waals surface area contributed by atoms with Gasteiger partial charge in [0.1, 0.15) is 5.56 Å². The van der Waals surface area contributed by atoms with Gasteiger partial charge >= 0.3 is 5.97 Å². The topological polar surface area (TPSA) is 59.3 Å². The highest BCUT2D eigenvalue weighted by Gasteiger charge is 2.16. The summed E-state index contributed by atoms with van der Waals surface area (Å²) in [6.45, 7) is 1.60. The molecule has 2 aromatic rings. The molecule has 0 amide bonds. The number of rotatable bonds is 3. The molecule has 1 aromatic heterocycles. The highest BCUT2D eigenvalue weighted by atomic mass is 19.2. The van der Waals surface area contributed by atoms with Gasteiger partial charge in [-0.15, -0.1) is 0 Å². The molecule has 0 bridgehead atoms. The Bertz CT molecular complexity index is 725. The van der Waals surface area contributed by atoms with Crippen molar-refractivity contribution in [2.75, 3.05) is 0 Å². The van der Waals surface area contributed by atoms with Gasteiger partial charge in [0.2, 0.25) is 0 Å². The van der Waals surface area contributed by atoms with E-state index in [1.807, 2.05) is 0 Å². The molecule has 2 rings (SSSR count). The molecule has 1 N–H and O–H groups in total. The molecule has 0 saturated carbocycles. The van der Waals surface area contributed by atoms with E-state index in [9.17, 15) is 18.4 Å². The number of aromatic nitrogens is 1. The second kappa shape index (κ2) is 5.24. The fourth-order valence-electron chi connectivity index (χ4n) is 1.91. The number of aromatic carboxylic acids is 1. The molecule has 0 fully saturated rings. The van der Waals surface area contributed by atoms with Gasteiger partial charge in [-0.05, 0) is 36.8 Å². The number of halogens is 2. The van der Waals surface area contributed by atoms with E-state index in [4.69, 9.17) is 5.11 Å². The number of pyridine rings is 1. The van der Waals surface area contributed by atoms with Gasteiger partial charge in [0.15, 0.2) is 11.6 Å². The van der Waals surface area contributed by atoms with Crippen molar-refractivity contribution in [2.45, 2.75) is 13.0 Å². The molecule has 0 radical (unpaired) electrons. The fourth-order valence-corrected chi connectivity index (χ4v) is 1.91. The summed E-state index contributed by atoms with van der Waals surface area (Å²) in [4.78, 5) is 22.9. The summed E-state index contributed by atoms with van der Waals surface area (Å²) >= 11 is 0. The third-order valence-electron chi connectivity index (χ3n) is 3.05. The summed E-state index contributed by atoms with van der Waals surface area (Å²) in [6.07, 6.45) is 1.40. The minimum absolute atomic E-state index is 0.369. The molecule has 0 saturated heterocycles. The van der Waals surface area contributed by atoms with Crippen LogP contribution in [-0.4, -0.2) is 15.6 Å². The lowest BCUT2D eigenvalue weighted by Gasteiger charge is -2.16. The Hall–Kier alpha value is -2.50. The van der Waals surface area contributed by atoms with Crippen LogP contribution >= 0.6 is 0 Å². The number of hydrogen-bond acceptors (Lipinski definition) is 2. The molecule has 0 spiro atoms. The molecule has 1 atom stereocenters. The number of benzene rings is 1. The SMILES string of the molecule is C[C@@H](c1ccc(F)c(F)c1)n1cccc(C(=O)O)c1=O. The Labute approximate surface area is 112 Å². The van der Waals surface area contributed by atoms with Crippen LogP contribution in [0.3, 0.4) is 0 Å². The van der Waals surface area contributed by atoms with Crippen LogP contribution in [0.5, 0.6) is 0 Å². The van der Waals surface area contributed by atoms with Crippen molar-refractivity contribution >= 4 is 5.97 Å². The second-order valence-corrected chi connectivity index (χ2v) is 4.29. The summed E-state index contributed by atoms with van der Waals surface area (Å²) in [5.74, 6) is -3.33. The smallest absolute Gasteiger partial charge is 0.341 e. The Morgan fingerprint density at radius 2 is 1.95 bits per heavy atom. The standard InChI is InChI=1S/C14H11F2NO3/c1-8(9-4-5-11(15)12(16)7-9)17-6-2-3-10(13(17)18)14(19)20/h2-8H,1H3,(H,19,20)/t8-/m0/s1. The van der Waals surface area contributed by atoms with Crippen molar-refractivity contribution in [1.82, 2.24) is 4.57 Å². The normalized spacial score (nSPS) is 12.2. The van der Waals surface area contributed by atoms with Gasteiger partial charge in [-0.1, -0.05) is 6.07 Å². The highest BCUT2D eigenvalue weighted by molar-refractivity contribution is 5.87. The molecule has 0 unspecified atom stereocenters. The zero-order valence-corrected chi connectivity index (χ0v) is 10.5. The van der Waals surface area contributed by atoms with Gasteiger partial charge in [0.25, 0.3) is 5.56 Å². The zero-order chi connectivity index (χ0) is 14.9. The average Bonchev–Trinajstić information content (AvgIpc) is 2.41. The van der Waals surface area contributed by atoms with E-state index < -0.39 is 29.2 Å². The number of carboxylic acids is 1. The van der Waals surface area contributed by atoms with E-state index in [2.05, 4.69) is 0 Å². The highest BCUT2D eigenvalue weighted by Crippen LogP contribution is 2.18. The van der Waals surface area contributed by atoms with Crippen molar-refractivity contribution < 1.29 is 18.7 Å². The first-order valence-corrected chi connectivity index (χ1v) is 5.81. The predicted molar refractivity (Wildman–Crippen MR) is 67.8 cm³/mol.